The molecule has 1 amide bonds. The van der Waals surface area contributed by atoms with Crippen LogP contribution in [0.4, 0.5) is 0 Å². The van der Waals surface area contributed by atoms with Crippen molar-refractivity contribution in [3.8, 4) is 11.5 Å². The Balaban J connectivity index is 1.77. The highest BCUT2D eigenvalue weighted by Gasteiger charge is 2.11. The molecule has 1 heterocycles. The first-order valence-corrected chi connectivity index (χ1v) is 8.24. The summed E-state index contributed by atoms with van der Waals surface area (Å²) in [6, 6.07) is 14.1. The maximum atomic E-state index is 12.5. The van der Waals surface area contributed by atoms with E-state index in [-0.39, 0.29) is 11.7 Å². The van der Waals surface area contributed by atoms with Crippen LogP contribution in [-0.2, 0) is 0 Å². The Morgan fingerprint density at radius 2 is 2.08 bits per heavy atom. The van der Waals surface area contributed by atoms with E-state index in [0.29, 0.717) is 23.5 Å². The molecule has 0 spiro atoms. The van der Waals surface area contributed by atoms with Crippen LogP contribution in [0.5, 0.6) is 11.5 Å². The Kier molecular flexibility index (Phi) is 5.12. The Morgan fingerprint density at radius 1 is 1.27 bits per heavy atom. The lowest BCUT2D eigenvalue weighted by Gasteiger charge is -2.07. The van der Waals surface area contributed by atoms with Crippen LogP contribution in [0.15, 0.2) is 53.6 Å². The number of hydrazone groups is 1. The van der Waals surface area contributed by atoms with Gasteiger partial charge >= 0.3 is 0 Å². The summed E-state index contributed by atoms with van der Waals surface area (Å²) in [4.78, 5) is 16.9. The molecule has 3 aromatic rings. The Hall–Kier alpha value is -3.41. The molecule has 0 unspecified atom stereocenters. The number of ether oxygens (including phenoxy) is 1. The zero-order valence-corrected chi connectivity index (χ0v) is 14.6. The quantitative estimate of drug-likeness (QED) is 0.546. The zero-order valence-electron chi connectivity index (χ0n) is 14.6. The normalized spacial score (nSPS) is 11.0. The average Bonchev–Trinajstić information content (AvgIpc) is 2.63. The summed E-state index contributed by atoms with van der Waals surface area (Å²) in [7, 11) is 0. The first kappa shape index (κ1) is 17.4. The molecule has 0 atom stereocenters. The van der Waals surface area contributed by atoms with E-state index >= 15 is 0 Å². The van der Waals surface area contributed by atoms with Crippen molar-refractivity contribution < 1.29 is 14.6 Å². The number of fused-ring (bicyclic) bond motifs is 1. The monoisotopic (exact) mass is 349 g/mol. The van der Waals surface area contributed by atoms with E-state index < -0.39 is 0 Å². The molecule has 3 rings (SSSR count). The second kappa shape index (κ2) is 7.65. The van der Waals surface area contributed by atoms with Crippen LogP contribution in [0.3, 0.4) is 0 Å². The van der Waals surface area contributed by atoms with Gasteiger partial charge in [-0.1, -0.05) is 18.2 Å². The molecule has 0 saturated heterocycles. The van der Waals surface area contributed by atoms with Gasteiger partial charge in [-0.05, 0) is 49.7 Å². The maximum absolute atomic E-state index is 12.5. The average molecular weight is 349 g/mol. The number of phenols is 1. The van der Waals surface area contributed by atoms with Gasteiger partial charge in [0.15, 0.2) is 11.5 Å². The Morgan fingerprint density at radius 3 is 2.85 bits per heavy atom. The molecule has 0 aliphatic carbocycles. The van der Waals surface area contributed by atoms with Crippen molar-refractivity contribution in [2.45, 2.75) is 13.8 Å². The summed E-state index contributed by atoms with van der Waals surface area (Å²) < 4.78 is 5.27. The van der Waals surface area contributed by atoms with Crippen molar-refractivity contribution in [1.29, 1.82) is 0 Å². The number of rotatable bonds is 5. The molecule has 6 nitrogen and oxygen atoms in total. The van der Waals surface area contributed by atoms with Crippen LogP contribution in [0, 0.1) is 6.92 Å². The molecule has 2 N–H and O–H groups in total. The van der Waals surface area contributed by atoms with Crippen LogP contribution >= 0.6 is 0 Å². The highest BCUT2D eigenvalue weighted by atomic mass is 16.5. The fourth-order valence-corrected chi connectivity index (χ4v) is 2.61. The summed E-state index contributed by atoms with van der Waals surface area (Å²) in [6.07, 6.45) is 1.46. The molecule has 0 fully saturated rings. The van der Waals surface area contributed by atoms with Gasteiger partial charge in [-0.2, -0.15) is 5.10 Å². The lowest BCUT2D eigenvalue weighted by atomic mass is 10.1. The first-order chi connectivity index (χ1) is 12.6. The second-order valence-corrected chi connectivity index (χ2v) is 5.69. The van der Waals surface area contributed by atoms with E-state index in [4.69, 9.17) is 4.74 Å². The smallest absolute Gasteiger partial charge is 0.272 e. The third kappa shape index (κ3) is 3.80. The standard InChI is InChI=1S/C20H19N3O3/c1-3-26-19-9-8-14(11-18(19)24)12-21-23-20(25)16-10-13(2)22-17-7-5-4-6-15(16)17/h4-12,24H,3H2,1-2H3,(H,23,25)/b21-12-. The number of para-hydroxylation sites is 1. The van der Waals surface area contributed by atoms with Crippen molar-refractivity contribution in [3.63, 3.8) is 0 Å². The summed E-state index contributed by atoms with van der Waals surface area (Å²) >= 11 is 0. The van der Waals surface area contributed by atoms with E-state index in [1.807, 2.05) is 38.1 Å². The van der Waals surface area contributed by atoms with E-state index in [2.05, 4.69) is 15.5 Å². The number of nitrogens with zero attached hydrogens (tertiary/aromatic N) is 2. The number of amides is 1. The number of nitrogens with one attached hydrogen (secondary N) is 1. The number of hydrogen-bond acceptors (Lipinski definition) is 5. The predicted molar refractivity (Wildman–Crippen MR) is 101 cm³/mol. The number of aryl methyl sites for hydroxylation is 1. The number of pyridine rings is 1. The van der Waals surface area contributed by atoms with Gasteiger partial charge in [0.05, 0.1) is 23.9 Å². The van der Waals surface area contributed by atoms with Crippen molar-refractivity contribution in [2.24, 2.45) is 5.10 Å². The predicted octanol–water partition coefficient (Wildman–Crippen LogP) is 3.41. The highest BCUT2D eigenvalue weighted by molar-refractivity contribution is 6.06. The molecule has 26 heavy (non-hydrogen) atoms. The number of carbonyl (C=O) groups excluding carboxylic acids is 1. The molecule has 6 heteroatoms. The van der Waals surface area contributed by atoms with E-state index in [9.17, 15) is 9.90 Å². The molecular formula is C20H19N3O3. The van der Waals surface area contributed by atoms with Gasteiger partial charge < -0.3 is 9.84 Å². The van der Waals surface area contributed by atoms with Crippen LogP contribution in [0.2, 0.25) is 0 Å². The summed E-state index contributed by atoms with van der Waals surface area (Å²) in [5.41, 5.74) is 5.19. The minimum Gasteiger partial charge on any atom is -0.504 e. The van der Waals surface area contributed by atoms with Crippen LogP contribution in [0.25, 0.3) is 10.9 Å². The Bertz CT molecular complexity index is 983. The van der Waals surface area contributed by atoms with Crippen LogP contribution in [0.1, 0.15) is 28.5 Å². The molecule has 0 bridgehead atoms. The minimum atomic E-state index is -0.321. The minimum absolute atomic E-state index is 0.0258. The number of hydrogen-bond donors (Lipinski definition) is 2. The van der Waals surface area contributed by atoms with Crippen molar-refractivity contribution in [3.05, 3.63) is 65.4 Å². The number of phenolic OH excluding ortho intramolecular Hbond substituents is 1. The zero-order chi connectivity index (χ0) is 18.5. The fraction of sp³-hybridized carbons (Fsp3) is 0.150. The van der Waals surface area contributed by atoms with Gasteiger partial charge in [0, 0.05) is 11.1 Å². The second-order valence-electron chi connectivity index (χ2n) is 5.69. The topological polar surface area (TPSA) is 83.8 Å². The summed E-state index contributed by atoms with van der Waals surface area (Å²) in [5, 5.41) is 14.6. The third-order valence-corrected chi connectivity index (χ3v) is 3.75. The lowest BCUT2D eigenvalue weighted by molar-refractivity contribution is 0.0956. The van der Waals surface area contributed by atoms with Gasteiger partial charge in [0.25, 0.3) is 5.91 Å². The summed E-state index contributed by atoms with van der Waals surface area (Å²) in [5.74, 6) is 0.114. The molecular weight excluding hydrogens is 330 g/mol. The van der Waals surface area contributed by atoms with Gasteiger partial charge in [0.2, 0.25) is 0 Å². The molecule has 2 aromatic carbocycles. The van der Waals surface area contributed by atoms with E-state index in [1.165, 1.54) is 12.3 Å². The molecule has 0 saturated carbocycles. The number of carbonyl (C=O) groups is 1. The van der Waals surface area contributed by atoms with Gasteiger partial charge in [0.1, 0.15) is 0 Å². The number of aromatic hydroxyl groups is 1. The summed E-state index contributed by atoms with van der Waals surface area (Å²) in [6.45, 7) is 4.15. The van der Waals surface area contributed by atoms with E-state index in [0.717, 1.165) is 16.6 Å². The van der Waals surface area contributed by atoms with Crippen molar-refractivity contribution >= 4 is 23.0 Å². The lowest BCUT2D eigenvalue weighted by Crippen LogP contribution is -2.18. The van der Waals surface area contributed by atoms with Gasteiger partial charge in [-0.25, -0.2) is 5.43 Å². The number of benzene rings is 2. The fourth-order valence-electron chi connectivity index (χ4n) is 2.61. The van der Waals surface area contributed by atoms with Gasteiger partial charge in [-0.15, -0.1) is 0 Å². The highest BCUT2D eigenvalue weighted by Crippen LogP contribution is 2.26. The molecule has 0 aliphatic heterocycles. The maximum Gasteiger partial charge on any atom is 0.272 e. The molecule has 132 valence electrons. The van der Waals surface area contributed by atoms with Crippen LogP contribution in [-0.4, -0.2) is 28.8 Å². The molecule has 1 aromatic heterocycles. The van der Waals surface area contributed by atoms with Crippen LogP contribution < -0.4 is 10.2 Å². The Labute approximate surface area is 151 Å². The van der Waals surface area contributed by atoms with Crippen molar-refractivity contribution in [1.82, 2.24) is 10.4 Å². The molecule has 0 radical (unpaired) electrons. The third-order valence-electron chi connectivity index (χ3n) is 3.75. The first-order valence-electron chi connectivity index (χ1n) is 8.24. The SMILES string of the molecule is CCOc1ccc(/C=N\NC(=O)c2cc(C)nc3ccccc23)cc1O. The number of aromatic nitrogens is 1. The largest absolute Gasteiger partial charge is 0.504 e. The molecule has 0 aliphatic rings. The van der Waals surface area contributed by atoms with Gasteiger partial charge in [-0.3, -0.25) is 9.78 Å². The van der Waals surface area contributed by atoms with Crippen molar-refractivity contribution in [2.75, 3.05) is 6.61 Å². The van der Waals surface area contributed by atoms with E-state index in [1.54, 1.807) is 18.2 Å².